The Morgan fingerprint density at radius 2 is 1.66 bits per heavy atom. The predicted octanol–water partition coefficient (Wildman–Crippen LogP) is 4.63. The Kier molecular flexibility index (Phi) is 6.22. The van der Waals surface area contributed by atoms with Gasteiger partial charge in [-0.05, 0) is 41.2 Å². The summed E-state index contributed by atoms with van der Waals surface area (Å²) in [6.45, 7) is 6.89. The van der Waals surface area contributed by atoms with Gasteiger partial charge in [-0.2, -0.15) is 0 Å². The molecule has 0 aliphatic carbocycles. The van der Waals surface area contributed by atoms with Crippen molar-refractivity contribution in [1.82, 2.24) is 15.3 Å². The number of amides is 1. The number of nitrogens with one attached hydrogen (secondary N) is 2. The molecule has 0 saturated carbocycles. The summed E-state index contributed by atoms with van der Waals surface area (Å²) in [4.78, 5) is 20.8. The first-order chi connectivity index (χ1) is 13.8. The molecular formula is C23H25FN4O. The van der Waals surface area contributed by atoms with Gasteiger partial charge < -0.3 is 10.6 Å². The van der Waals surface area contributed by atoms with E-state index in [2.05, 4.69) is 47.4 Å². The molecule has 2 aromatic carbocycles. The van der Waals surface area contributed by atoms with Crippen LogP contribution in [0.3, 0.4) is 0 Å². The van der Waals surface area contributed by atoms with E-state index >= 15 is 0 Å². The first-order valence-corrected chi connectivity index (χ1v) is 9.54. The van der Waals surface area contributed by atoms with E-state index in [4.69, 9.17) is 0 Å². The first kappa shape index (κ1) is 20.5. The van der Waals surface area contributed by atoms with E-state index < -0.39 is 0 Å². The van der Waals surface area contributed by atoms with Crippen LogP contribution in [0.5, 0.6) is 0 Å². The van der Waals surface area contributed by atoms with Crippen LogP contribution in [0.4, 0.5) is 16.0 Å². The maximum absolute atomic E-state index is 12.9. The van der Waals surface area contributed by atoms with E-state index in [1.165, 1.54) is 24.5 Å². The van der Waals surface area contributed by atoms with Gasteiger partial charge in [0, 0.05) is 24.6 Å². The molecule has 0 fully saturated rings. The lowest BCUT2D eigenvalue weighted by Gasteiger charge is -2.22. The Hall–Kier alpha value is -3.28. The highest BCUT2D eigenvalue weighted by Crippen LogP contribution is 2.30. The van der Waals surface area contributed by atoms with Gasteiger partial charge in [-0.25, -0.2) is 14.4 Å². The summed E-state index contributed by atoms with van der Waals surface area (Å²) in [5.74, 6) is -0.0768. The van der Waals surface area contributed by atoms with Gasteiger partial charge in [-0.3, -0.25) is 4.79 Å². The van der Waals surface area contributed by atoms with Crippen molar-refractivity contribution in [2.75, 3.05) is 11.9 Å². The van der Waals surface area contributed by atoms with Gasteiger partial charge in [0.25, 0.3) is 5.91 Å². The lowest BCUT2D eigenvalue weighted by molar-refractivity contribution is 0.0953. The second kappa shape index (κ2) is 8.82. The van der Waals surface area contributed by atoms with Crippen LogP contribution in [0.25, 0.3) is 0 Å². The first-order valence-electron chi connectivity index (χ1n) is 9.54. The van der Waals surface area contributed by atoms with E-state index in [0.717, 1.165) is 16.8 Å². The summed E-state index contributed by atoms with van der Waals surface area (Å²) in [6, 6.07) is 14.3. The SMILES string of the molecule is CC(C)(C)c1ccccc1Nc1ncc(C(=O)NCCc2ccc(F)cc2)cn1. The summed E-state index contributed by atoms with van der Waals surface area (Å²) >= 11 is 0. The predicted molar refractivity (Wildman–Crippen MR) is 113 cm³/mol. The minimum absolute atomic E-state index is 0.0199. The summed E-state index contributed by atoms with van der Waals surface area (Å²) in [5.41, 5.74) is 3.43. The fourth-order valence-electron chi connectivity index (χ4n) is 2.95. The van der Waals surface area contributed by atoms with E-state index in [9.17, 15) is 9.18 Å². The van der Waals surface area contributed by atoms with E-state index in [1.807, 2.05) is 18.2 Å². The molecule has 1 heterocycles. The van der Waals surface area contributed by atoms with Crippen LogP contribution in [-0.4, -0.2) is 22.4 Å². The normalized spacial score (nSPS) is 11.2. The molecule has 150 valence electrons. The van der Waals surface area contributed by atoms with Crippen molar-refractivity contribution < 1.29 is 9.18 Å². The van der Waals surface area contributed by atoms with Gasteiger partial charge in [-0.15, -0.1) is 0 Å². The number of carbonyl (C=O) groups excluding carboxylic acids is 1. The third-order valence-electron chi connectivity index (χ3n) is 4.51. The molecule has 0 aliphatic rings. The maximum Gasteiger partial charge on any atom is 0.254 e. The van der Waals surface area contributed by atoms with E-state index in [0.29, 0.717) is 24.5 Å². The number of carbonyl (C=O) groups is 1. The molecule has 3 aromatic rings. The van der Waals surface area contributed by atoms with Gasteiger partial charge in [0.15, 0.2) is 0 Å². The number of anilines is 2. The molecule has 2 N–H and O–H groups in total. The standard InChI is InChI=1S/C23H25FN4O/c1-23(2,3)19-6-4-5-7-20(19)28-22-26-14-17(15-27-22)21(29)25-13-12-16-8-10-18(24)11-9-16/h4-11,14-15H,12-13H2,1-3H3,(H,25,29)(H,26,27,28). The van der Waals surface area contributed by atoms with E-state index in [-0.39, 0.29) is 17.1 Å². The van der Waals surface area contributed by atoms with Crippen molar-refractivity contribution in [3.8, 4) is 0 Å². The topological polar surface area (TPSA) is 66.9 Å². The molecule has 5 nitrogen and oxygen atoms in total. The molecule has 0 saturated heterocycles. The summed E-state index contributed by atoms with van der Waals surface area (Å²) < 4.78 is 12.9. The van der Waals surface area contributed by atoms with Gasteiger partial charge >= 0.3 is 0 Å². The highest BCUT2D eigenvalue weighted by atomic mass is 19.1. The van der Waals surface area contributed by atoms with Gasteiger partial charge in [0.1, 0.15) is 5.82 Å². The summed E-state index contributed by atoms with van der Waals surface area (Å²) in [7, 11) is 0. The van der Waals surface area contributed by atoms with Crippen LogP contribution in [0.1, 0.15) is 42.3 Å². The Morgan fingerprint density at radius 1 is 1.00 bits per heavy atom. The lowest BCUT2D eigenvalue weighted by Crippen LogP contribution is -2.26. The number of benzene rings is 2. The van der Waals surface area contributed by atoms with Crippen molar-refractivity contribution in [1.29, 1.82) is 0 Å². The molecule has 0 unspecified atom stereocenters. The Bertz CT molecular complexity index is 963. The summed E-state index contributed by atoms with van der Waals surface area (Å²) in [6.07, 6.45) is 3.63. The molecule has 1 aromatic heterocycles. The van der Waals surface area contributed by atoms with Gasteiger partial charge in [-0.1, -0.05) is 51.1 Å². The van der Waals surface area contributed by atoms with Crippen LogP contribution in [0, 0.1) is 5.82 Å². The highest BCUT2D eigenvalue weighted by molar-refractivity contribution is 5.93. The molecular weight excluding hydrogens is 367 g/mol. The zero-order valence-corrected chi connectivity index (χ0v) is 16.9. The number of hydrogen-bond acceptors (Lipinski definition) is 4. The van der Waals surface area contributed by atoms with Gasteiger partial charge in [0.05, 0.1) is 5.56 Å². The number of nitrogens with zero attached hydrogens (tertiary/aromatic N) is 2. The van der Waals surface area contributed by atoms with Crippen molar-refractivity contribution in [2.45, 2.75) is 32.6 Å². The Labute approximate surface area is 170 Å². The third kappa shape index (κ3) is 5.60. The van der Waals surface area contributed by atoms with Crippen LogP contribution < -0.4 is 10.6 Å². The molecule has 3 rings (SSSR count). The van der Waals surface area contributed by atoms with Crippen molar-refractivity contribution in [2.24, 2.45) is 0 Å². The second-order valence-electron chi connectivity index (χ2n) is 7.85. The molecule has 0 radical (unpaired) electrons. The number of aromatic nitrogens is 2. The smallest absolute Gasteiger partial charge is 0.254 e. The zero-order valence-electron chi connectivity index (χ0n) is 16.9. The monoisotopic (exact) mass is 392 g/mol. The summed E-state index contributed by atoms with van der Waals surface area (Å²) in [5, 5.41) is 6.06. The number of para-hydroxylation sites is 1. The van der Waals surface area contributed by atoms with Crippen molar-refractivity contribution in [3.63, 3.8) is 0 Å². The molecule has 0 aliphatic heterocycles. The largest absolute Gasteiger partial charge is 0.352 e. The minimum Gasteiger partial charge on any atom is -0.352 e. The second-order valence-corrected chi connectivity index (χ2v) is 7.85. The maximum atomic E-state index is 12.9. The number of hydrogen-bond donors (Lipinski definition) is 2. The fraction of sp³-hybridized carbons (Fsp3) is 0.261. The molecule has 6 heteroatoms. The Morgan fingerprint density at radius 3 is 2.31 bits per heavy atom. The average molecular weight is 392 g/mol. The Balaban J connectivity index is 1.59. The lowest BCUT2D eigenvalue weighted by atomic mass is 9.86. The zero-order chi connectivity index (χ0) is 20.9. The van der Waals surface area contributed by atoms with Crippen molar-refractivity contribution >= 4 is 17.5 Å². The van der Waals surface area contributed by atoms with Crippen LogP contribution in [-0.2, 0) is 11.8 Å². The molecule has 1 amide bonds. The number of rotatable bonds is 6. The quantitative estimate of drug-likeness (QED) is 0.642. The van der Waals surface area contributed by atoms with Crippen LogP contribution in [0.2, 0.25) is 0 Å². The molecule has 0 spiro atoms. The van der Waals surface area contributed by atoms with Crippen LogP contribution in [0.15, 0.2) is 60.9 Å². The molecule has 0 bridgehead atoms. The van der Waals surface area contributed by atoms with Gasteiger partial charge in [0.2, 0.25) is 5.95 Å². The molecule has 0 atom stereocenters. The number of halogens is 1. The minimum atomic E-state index is -0.270. The highest BCUT2D eigenvalue weighted by Gasteiger charge is 2.18. The van der Waals surface area contributed by atoms with Crippen molar-refractivity contribution in [3.05, 3.63) is 83.4 Å². The third-order valence-corrected chi connectivity index (χ3v) is 4.51. The molecule has 29 heavy (non-hydrogen) atoms. The average Bonchev–Trinajstić information content (AvgIpc) is 2.69. The van der Waals surface area contributed by atoms with E-state index in [1.54, 1.807) is 12.1 Å². The fourth-order valence-corrected chi connectivity index (χ4v) is 2.95. The van der Waals surface area contributed by atoms with Crippen LogP contribution >= 0.6 is 0 Å².